The summed E-state index contributed by atoms with van der Waals surface area (Å²) in [7, 11) is 0. The van der Waals surface area contributed by atoms with Crippen molar-refractivity contribution in [3.8, 4) is 0 Å². The lowest BCUT2D eigenvalue weighted by molar-refractivity contribution is 0.0563. The average molecular weight is 342 g/mol. The molecule has 8 atom stereocenters. The van der Waals surface area contributed by atoms with E-state index in [0.29, 0.717) is 25.7 Å². The zero-order valence-corrected chi connectivity index (χ0v) is 14.3. The molecule has 1 aromatic carbocycles. The standard InChI is InChI=1S/C20H26F4/c1-11-3-9-15(19(23)17(11)21)13-5-7-14(8-6-13)16-10-4-12(2)18(22)20(16)24/h5-8,11-12,15-20H,3-4,9-10H2,1-2H3. The second kappa shape index (κ2) is 7.05. The van der Waals surface area contributed by atoms with Gasteiger partial charge in [-0.15, -0.1) is 0 Å². The number of hydrogen-bond acceptors (Lipinski definition) is 0. The molecular weight excluding hydrogens is 316 g/mol. The topological polar surface area (TPSA) is 0 Å². The molecule has 0 amide bonds. The lowest BCUT2D eigenvalue weighted by Crippen LogP contribution is -2.36. The minimum atomic E-state index is -1.49. The molecule has 24 heavy (non-hydrogen) atoms. The van der Waals surface area contributed by atoms with E-state index in [4.69, 9.17) is 0 Å². The summed E-state index contributed by atoms with van der Waals surface area (Å²) in [4.78, 5) is 0. The van der Waals surface area contributed by atoms with E-state index >= 15 is 0 Å². The highest BCUT2D eigenvalue weighted by atomic mass is 19.2. The maximum Gasteiger partial charge on any atom is 0.138 e. The lowest BCUT2D eigenvalue weighted by Gasteiger charge is -2.35. The van der Waals surface area contributed by atoms with E-state index in [2.05, 4.69) is 0 Å². The number of alkyl halides is 4. The van der Waals surface area contributed by atoms with E-state index in [9.17, 15) is 17.6 Å². The first-order valence-corrected chi connectivity index (χ1v) is 9.06. The van der Waals surface area contributed by atoms with E-state index in [1.54, 1.807) is 38.1 Å². The normalized spacial score (nSPS) is 43.6. The smallest absolute Gasteiger partial charge is 0.138 e. The molecule has 2 fully saturated rings. The first-order valence-electron chi connectivity index (χ1n) is 9.06. The highest BCUT2D eigenvalue weighted by molar-refractivity contribution is 5.30. The minimum Gasteiger partial charge on any atom is -0.244 e. The molecule has 134 valence electrons. The summed E-state index contributed by atoms with van der Waals surface area (Å²) in [5.74, 6) is -1.36. The summed E-state index contributed by atoms with van der Waals surface area (Å²) in [6, 6.07) is 7.08. The third kappa shape index (κ3) is 3.21. The van der Waals surface area contributed by atoms with Gasteiger partial charge in [-0.05, 0) is 48.6 Å². The van der Waals surface area contributed by atoms with Crippen molar-refractivity contribution < 1.29 is 17.6 Å². The van der Waals surface area contributed by atoms with Crippen LogP contribution in [0.15, 0.2) is 24.3 Å². The van der Waals surface area contributed by atoms with Crippen molar-refractivity contribution in [2.45, 2.75) is 76.1 Å². The molecule has 4 heteroatoms. The van der Waals surface area contributed by atoms with Gasteiger partial charge in [-0.1, -0.05) is 38.1 Å². The molecule has 0 aromatic heterocycles. The highest BCUT2D eigenvalue weighted by Gasteiger charge is 2.40. The van der Waals surface area contributed by atoms with Crippen LogP contribution in [0.3, 0.4) is 0 Å². The first-order chi connectivity index (χ1) is 11.4. The van der Waals surface area contributed by atoms with Gasteiger partial charge in [-0.2, -0.15) is 0 Å². The molecule has 0 heterocycles. The Bertz CT molecular complexity index is 494. The largest absolute Gasteiger partial charge is 0.244 e. The summed E-state index contributed by atoms with van der Waals surface area (Å²) in [6.07, 6.45) is -3.23. The minimum absolute atomic E-state index is 0.242. The van der Waals surface area contributed by atoms with Gasteiger partial charge in [-0.3, -0.25) is 0 Å². The van der Waals surface area contributed by atoms with Gasteiger partial charge in [0.05, 0.1) is 0 Å². The zero-order valence-electron chi connectivity index (χ0n) is 14.3. The molecule has 0 N–H and O–H groups in total. The number of rotatable bonds is 2. The van der Waals surface area contributed by atoms with E-state index in [-0.39, 0.29) is 11.8 Å². The molecule has 2 aliphatic carbocycles. The molecule has 0 bridgehead atoms. The molecule has 8 unspecified atom stereocenters. The van der Waals surface area contributed by atoms with Crippen LogP contribution in [0.5, 0.6) is 0 Å². The fraction of sp³-hybridized carbons (Fsp3) is 0.700. The van der Waals surface area contributed by atoms with Crippen LogP contribution in [-0.2, 0) is 0 Å². The summed E-state index contributed by atoms with van der Waals surface area (Å²) >= 11 is 0. The van der Waals surface area contributed by atoms with Gasteiger partial charge in [0, 0.05) is 11.8 Å². The Labute approximate surface area is 141 Å². The SMILES string of the molecule is CC1CCC(c2ccc(C3CCC(C)C(F)C3F)cc2)C(F)C1F. The van der Waals surface area contributed by atoms with Crippen LogP contribution in [0.25, 0.3) is 0 Å². The first kappa shape index (κ1) is 17.8. The lowest BCUT2D eigenvalue weighted by atomic mass is 9.75. The summed E-state index contributed by atoms with van der Waals surface area (Å²) < 4.78 is 56.5. The number of hydrogen-bond donors (Lipinski definition) is 0. The monoisotopic (exact) mass is 342 g/mol. The van der Waals surface area contributed by atoms with E-state index in [1.807, 2.05) is 0 Å². The van der Waals surface area contributed by atoms with Crippen LogP contribution in [-0.4, -0.2) is 24.7 Å². The Kier molecular flexibility index (Phi) is 5.22. The maximum atomic E-state index is 14.3. The van der Waals surface area contributed by atoms with Gasteiger partial charge in [0.15, 0.2) is 0 Å². The van der Waals surface area contributed by atoms with E-state index < -0.39 is 36.5 Å². The number of benzene rings is 1. The summed E-state index contributed by atoms with van der Waals surface area (Å²) in [5.41, 5.74) is 1.52. The molecular formula is C20H26F4. The maximum absolute atomic E-state index is 14.3. The fourth-order valence-electron chi connectivity index (χ4n) is 4.28. The van der Waals surface area contributed by atoms with Crippen LogP contribution in [0.4, 0.5) is 17.6 Å². The van der Waals surface area contributed by atoms with Crippen molar-refractivity contribution in [2.24, 2.45) is 11.8 Å². The average Bonchev–Trinajstić information content (AvgIpc) is 2.58. The van der Waals surface area contributed by atoms with Crippen molar-refractivity contribution >= 4 is 0 Å². The Hall–Kier alpha value is -1.06. The summed E-state index contributed by atoms with van der Waals surface area (Å²) in [6.45, 7) is 3.49. The molecule has 1 aromatic rings. The van der Waals surface area contributed by atoms with Crippen molar-refractivity contribution in [3.63, 3.8) is 0 Å². The molecule has 0 nitrogen and oxygen atoms in total. The molecule has 0 radical (unpaired) electrons. The van der Waals surface area contributed by atoms with Crippen LogP contribution < -0.4 is 0 Å². The molecule has 0 spiro atoms. The van der Waals surface area contributed by atoms with Crippen molar-refractivity contribution in [1.82, 2.24) is 0 Å². The fourth-order valence-corrected chi connectivity index (χ4v) is 4.28. The third-order valence-electron chi connectivity index (χ3n) is 6.12. The van der Waals surface area contributed by atoms with Crippen LogP contribution in [0.1, 0.15) is 62.5 Å². The Balaban J connectivity index is 1.74. The Morgan fingerprint density at radius 1 is 0.583 bits per heavy atom. The van der Waals surface area contributed by atoms with Gasteiger partial charge in [0.1, 0.15) is 24.7 Å². The van der Waals surface area contributed by atoms with Crippen molar-refractivity contribution in [2.75, 3.05) is 0 Å². The van der Waals surface area contributed by atoms with E-state index in [1.165, 1.54) is 0 Å². The van der Waals surface area contributed by atoms with Crippen molar-refractivity contribution in [3.05, 3.63) is 35.4 Å². The quantitative estimate of drug-likeness (QED) is 0.573. The van der Waals surface area contributed by atoms with Crippen LogP contribution in [0, 0.1) is 11.8 Å². The summed E-state index contributed by atoms with van der Waals surface area (Å²) in [5, 5.41) is 0. The molecule has 2 saturated carbocycles. The second-order valence-corrected chi connectivity index (χ2v) is 7.77. The predicted octanol–water partition coefficient (Wildman–Crippen LogP) is 6.07. The second-order valence-electron chi connectivity index (χ2n) is 7.77. The van der Waals surface area contributed by atoms with Crippen LogP contribution in [0.2, 0.25) is 0 Å². The van der Waals surface area contributed by atoms with Crippen LogP contribution >= 0.6 is 0 Å². The number of halogens is 4. The van der Waals surface area contributed by atoms with Gasteiger partial charge in [0.2, 0.25) is 0 Å². The van der Waals surface area contributed by atoms with Gasteiger partial charge >= 0.3 is 0 Å². The Morgan fingerprint density at radius 2 is 0.917 bits per heavy atom. The Morgan fingerprint density at radius 3 is 1.25 bits per heavy atom. The highest BCUT2D eigenvalue weighted by Crippen LogP contribution is 2.42. The van der Waals surface area contributed by atoms with Gasteiger partial charge in [0.25, 0.3) is 0 Å². The van der Waals surface area contributed by atoms with Gasteiger partial charge in [-0.25, -0.2) is 17.6 Å². The molecule has 2 aliphatic rings. The molecule has 0 saturated heterocycles. The predicted molar refractivity (Wildman–Crippen MR) is 88.3 cm³/mol. The van der Waals surface area contributed by atoms with E-state index in [0.717, 1.165) is 11.1 Å². The zero-order chi connectivity index (χ0) is 17.4. The van der Waals surface area contributed by atoms with Crippen molar-refractivity contribution in [1.29, 1.82) is 0 Å². The van der Waals surface area contributed by atoms with Gasteiger partial charge < -0.3 is 0 Å². The molecule has 0 aliphatic heterocycles. The molecule has 3 rings (SSSR count). The third-order valence-corrected chi connectivity index (χ3v) is 6.12.